The van der Waals surface area contributed by atoms with Crippen LogP contribution >= 0.6 is 0 Å². The highest BCUT2D eigenvalue weighted by atomic mass is 16.6. The zero-order valence-corrected chi connectivity index (χ0v) is 13.7. The molecular weight excluding hydrogens is 310 g/mol. The van der Waals surface area contributed by atoms with E-state index in [1.807, 2.05) is 0 Å². The molecule has 0 aromatic heterocycles. The van der Waals surface area contributed by atoms with Crippen LogP contribution in [0.15, 0.2) is 12.1 Å². The third-order valence-corrected chi connectivity index (χ3v) is 7.09. The molecule has 0 radical (unpaired) electrons. The number of phenolic OH excluding ortho intramolecular Hbond substituents is 1. The fourth-order valence-electron chi connectivity index (χ4n) is 5.70. The summed E-state index contributed by atoms with van der Waals surface area (Å²) in [6.45, 7) is 2.11. The van der Waals surface area contributed by atoms with E-state index in [4.69, 9.17) is 0 Å². The lowest BCUT2D eigenvalue weighted by atomic mass is 9.53. The standard InChI is InChI=1S/C18H23NO5/c1-17-6-7-18(22)12(11(17)4-5-16(17)21)3-2-10-8-15(20)14(19(23)24)9-13(10)18/h8-9,11-12,16,20-22H,2-7H2,1H3/t11-,12-,16-,17-,18+/m0/s1. The van der Waals surface area contributed by atoms with Gasteiger partial charge < -0.3 is 15.3 Å². The Hall–Kier alpha value is -1.66. The van der Waals surface area contributed by atoms with Gasteiger partial charge in [0.1, 0.15) is 0 Å². The van der Waals surface area contributed by atoms with Crippen LogP contribution in [-0.4, -0.2) is 26.3 Å². The highest BCUT2D eigenvalue weighted by Gasteiger charge is 2.60. The first-order valence-corrected chi connectivity index (χ1v) is 8.68. The summed E-state index contributed by atoms with van der Waals surface area (Å²) in [5.74, 6) is -0.102. The van der Waals surface area contributed by atoms with Crippen molar-refractivity contribution in [2.45, 2.75) is 57.2 Å². The number of aryl methyl sites for hydroxylation is 1. The van der Waals surface area contributed by atoms with E-state index in [2.05, 4.69) is 6.92 Å². The predicted octanol–water partition coefficient (Wildman–Crippen LogP) is 2.62. The molecule has 0 bridgehead atoms. The number of fused-ring (bicyclic) bond motifs is 5. The molecule has 1 aromatic rings. The highest BCUT2D eigenvalue weighted by Crippen LogP contribution is 2.62. The maximum absolute atomic E-state index is 11.5. The van der Waals surface area contributed by atoms with E-state index >= 15 is 0 Å². The van der Waals surface area contributed by atoms with Gasteiger partial charge in [0, 0.05) is 6.07 Å². The zero-order valence-electron chi connectivity index (χ0n) is 13.7. The maximum atomic E-state index is 11.5. The van der Waals surface area contributed by atoms with Crippen molar-refractivity contribution in [1.82, 2.24) is 0 Å². The molecule has 0 amide bonds. The van der Waals surface area contributed by atoms with E-state index in [9.17, 15) is 25.4 Å². The van der Waals surface area contributed by atoms with Gasteiger partial charge in [0.25, 0.3) is 0 Å². The van der Waals surface area contributed by atoms with Crippen LogP contribution in [-0.2, 0) is 12.0 Å². The molecule has 130 valence electrons. The fraction of sp³-hybridized carbons (Fsp3) is 0.667. The van der Waals surface area contributed by atoms with Gasteiger partial charge in [0.2, 0.25) is 0 Å². The summed E-state index contributed by atoms with van der Waals surface area (Å²) >= 11 is 0. The Labute approximate surface area is 140 Å². The summed E-state index contributed by atoms with van der Waals surface area (Å²) in [4.78, 5) is 10.6. The molecule has 0 spiro atoms. The number of aromatic hydroxyl groups is 1. The number of hydrogen-bond acceptors (Lipinski definition) is 5. The summed E-state index contributed by atoms with van der Waals surface area (Å²) in [7, 11) is 0. The molecular formula is C18H23NO5. The molecule has 3 aliphatic carbocycles. The Balaban J connectivity index is 1.82. The Morgan fingerprint density at radius 2 is 1.96 bits per heavy atom. The number of aliphatic hydroxyl groups excluding tert-OH is 1. The lowest BCUT2D eigenvalue weighted by Crippen LogP contribution is -2.53. The summed E-state index contributed by atoms with van der Waals surface area (Å²) in [5.41, 5.74) is -0.203. The molecule has 0 aliphatic heterocycles. The number of aliphatic hydroxyl groups is 2. The monoisotopic (exact) mass is 333 g/mol. The molecule has 6 nitrogen and oxygen atoms in total. The van der Waals surface area contributed by atoms with Gasteiger partial charge in [-0.25, -0.2) is 0 Å². The van der Waals surface area contributed by atoms with Gasteiger partial charge in [-0.2, -0.15) is 0 Å². The number of nitro groups is 1. The van der Waals surface area contributed by atoms with Gasteiger partial charge in [-0.1, -0.05) is 6.92 Å². The summed E-state index contributed by atoms with van der Waals surface area (Å²) in [5, 5.41) is 43.0. The molecule has 1 aromatic carbocycles. The average molecular weight is 333 g/mol. The molecule has 3 N–H and O–H groups in total. The van der Waals surface area contributed by atoms with Crippen LogP contribution in [0, 0.1) is 27.4 Å². The van der Waals surface area contributed by atoms with Crippen molar-refractivity contribution in [3.05, 3.63) is 33.4 Å². The normalized spacial score (nSPS) is 40.5. The third-order valence-electron chi connectivity index (χ3n) is 7.09. The molecule has 2 saturated carbocycles. The lowest BCUT2D eigenvalue weighted by molar-refractivity contribution is -0.386. The van der Waals surface area contributed by atoms with Crippen LogP contribution in [0.4, 0.5) is 5.69 Å². The molecule has 24 heavy (non-hydrogen) atoms. The number of benzene rings is 1. The largest absolute Gasteiger partial charge is 0.502 e. The van der Waals surface area contributed by atoms with Crippen LogP contribution in [0.3, 0.4) is 0 Å². The number of rotatable bonds is 1. The number of hydrogen-bond donors (Lipinski definition) is 3. The van der Waals surface area contributed by atoms with E-state index in [0.29, 0.717) is 24.8 Å². The Bertz CT molecular complexity index is 720. The highest BCUT2D eigenvalue weighted by molar-refractivity contribution is 5.54. The smallest absolute Gasteiger partial charge is 0.311 e. The first-order valence-electron chi connectivity index (χ1n) is 8.68. The van der Waals surface area contributed by atoms with E-state index < -0.39 is 10.5 Å². The summed E-state index contributed by atoms with van der Waals surface area (Å²) < 4.78 is 0. The summed E-state index contributed by atoms with van der Waals surface area (Å²) in [6, 6.07) is 2.81. The van der Waals surface area contributed by atoms with E-state index in [0.717, 1.165) is 24.8 Å². The molecule has 4 rings (SSSR count). The third kappa shape index (κ3) is 1.90. The molecule has 2 fully saturated rings. The van der Waals surface area contributed by atoms with Gasteiger partial charge in [-0.15, -0.1) is 0 Å². The lowest BCUT2D eigenvalue weighted by Gasteiger charge is -2.54. The van der Waals surface area contributed by atoms with Crippen molar-refractivity contribution in [2.75, 3.05) is 0 Å². The minimum Gasteiger partial charge on any atom is -0.502 e. The molecule has 6 heteroatoms. The van der Waals surface area contributed by atoms with Crippen LogP contribution in [0.5, 0.6) is 5.75 Å². The Morgan fingerprint density at radius 1 is 1.21 bits per heavy atom. The van der Waals surface area contributed by atoms with E-state index in [-0.39, 0.29) is 34.8 Å². The minimum absolute atomic E-state index is 0.00467. The number of phenols is 1. The molecule has 0 unspecified atom stereocenters. The second-order valence-corrected chi connectivity index (χ2v) is 8.03. The van der Waals surface area contributed by atoms with E-state index in [1.54, 1.807) is 0 Å². The van der Waals surface area contributed by atoms with Gasteiger partial charge in [-0.3, -0.25) is 10.1 Å². The molecule has 5 atom stereocenters. The second-order valence-electron chi connectivity index (χ2n) is 8.03. The zero-order chi connectivity index (χ0) is 17.3. The number of nitrogens with zero attached hydrogens (tertiary/aromatic N) is 1. The topological polar surface area (TPSA) is 104 Å². The molecule has 0 saturated heterocycles. The summed E-state index contributed by atoms with van der Waals surface area (Å²) in [6.07, 6.45) is 4.00. The van der Waals surface area contributed by atoms with Crippen LogP contribution in [0.2, 0.25) is 0 Å². The van der Waals surface area contributed by atoms with Crippen molar-refractivity contribution in [3.8, 4) is 5.75 Å². The predicted molar refractivity (Wildman–Crippen MR) is 86.5 cm³/mol. The first kappa shape index (κ1) is 15.8. The average Bonchev–Trinajstić information content (AvgIpc) is 2.82. The van der Waals surface area contributed by atoms with Crippen molar-refractivity contribution < 1.29 is 20.2 Å². The SMILES string of the molecule is C[C@]12CC[C@]3(O)c4cc([N+](=O)[O-])c(O)cc4CC[C@H]3[C@@H]1CC[C@@H]2O. The quantitative estimate of drug-likeness (QED) is 0.541. The fourth-order valence-corrected chi connectivity index (χ4v) is 5.70. The first-order chi connectivity index (χ1) is 11.3. The van der Waals surface area contributed by atoms with Crippen LogP contribution in [0.1, 0.15) is 50.2 Å². The van der Waals surface area contributed by atoms with Crippen molar-refractivity contribution >= 4 is 5.69 Å². The van der Waals surface area contributed by atoms with Crippen LogP contribution in [0.25, 0.3) is 0 Å². The second kappa shape index (κ2) is 4.92. The minimum atomic E-state index is -1.10. The maximum Gasteiger partial charge on any atom is 0.311 e. The Kier molecular flexibility index (Phi) is 3.25. The van der Waals surface area contributed by atoms with Crippen molar-refractivity contribution in [2.24, 2.45) is 17.3 Å². The molecule has 0 heterocycles. The van der Waals surface area contributed by atoms with Crippen molar-refractivity contribution in [3.63, 3.8) is 0 Å². The van der Waals surface area contributed by atoms with Gasteiger partial charge >= 0.3 is 5.69 Å². The Morgan fingerprint density at radius 3 is 2.67 bits per heavy atom. The molecule has 3 aliphatic rings. The van der Waals surface area contributed by atoms with E-state index in [1.165, 1.54) is 12.1 Å². The van der Waals surface area contributed by atoms with Gasteiger partial charge in [0.05, 0.1) is 16.6 Å². The van der Waals surface area contributed by atoms with Crippen molar-refractivity contribution in [1.29, 1.82) is 0 Å². The van der Waals surface area contributed by atoms with Crippen LogP contribution < -0.4 is 0 Å². The van der Waals surface area contributed by atoms with Gasteiger partial charge in [0.15, 0.2) is 5.75 Å². The van der Waals surface area contributed by atoms with Gasteiger partial charge in [-0.05, 0) is 73.0 Å². The number of nitro benzene ring substituents is 1.